The van der Waals surface area contributed by atoms with E-state index in [2.05, 4.69) is 21.2 Å². The summed E-state index contributed by atoms with van der Waals surface area (Å²) in [6.07, 6.45) is 0. The van der Waals surface area contributed by atoms with E-state index in [9.17, 15) is 8.78 Å². The third-order valence-electron chi connectivity index (χ3n) is 1.26. The molecule has 60 valence electrons. The molecule has 0 saturated carbocycles. The molecule has 0 fully saturated rings. The lowest BCUT2D eigenvalue weighted by atomic mass is 10.3. The van der Waals surface area contributed by atoms with Crippen LogP contribution in [-0.4, -0.2) is 7.05 Å². The number of nitrogens with one attached hydrogen (secondary N) is 1. The standard InChI is InChI=1S/C7H6BrF2N/c1-11-6-3-4(9)2-5(8)7(6)10/h2-3,11H,1H3. The van der Waals surface area contributed by atoms with Crippen molar-refractivity contribution >= 4 is 21.6 Å². The Balaban J connectivity index is 3.24. The van der Waals surface area contributed by atoms with Gasteiger partial charge in [0.25, 0.3) is 0 Å². The van der Waals surface area contributed by atoms with E-state index in [1.165, 1.54) is 7.05 Å². The SMILES string of the molecule is CNc1cc(F)cc(Br)c1F. The van der Waals surface area contributed by atoms with Crippen LogP contribution in [0.4, 0.5) is 14.5 Å². The van der Waals surface area contributed by atoms with Crippen molar-refractivity contribution in [2.24, 2.45) is 0 Å². The summed E-state index contributed by atoms with van der Waals surface area (Å²) in [7, 11) is 1.53. The second-order valence-electron chi connectivity index (χ2n) is 2.00. The van der Waals surface area contributed by atoms with Crippen LogP contribution in [0.25, 0.3) is 0 Å². The van der Waals surface area contributed by atoms with Gasteiger partial charge in [-0.25, -0.2) is 8.78 Å². The highest BCUT2D eigenvalue weighted by Crippen LogP contribution is 2.23. The molecule has 1 aromatic rings. The summed E-state index contributed by atoms with van der Waals surface area (Å²) >= 11 is 2.88. The van der Waals surface area contributed by atoms with Gasteiger partial charge in [0, 0.05) is 13.1 Å². The first kappa shape index (κ1) is 8.46. The van der Waals surface area contributed by atoms with Gasteiger partial charge < -0.3 is 5.32 Å². The highest BCUT2D eigenvalue weighted by molar-refractivity contribution is 9.10. The van der Waals surface area contributed by atoms with Crippen LogP contribution in [0.5, 0.6) is 0 Å². The van der Waals surface area contributed by atoms with Crippen molar-refractivity contribution in [2.45, 2.75) is 0 Å². The molecule has 0 bridgehead atoms. The molecule has 1 rings (SSSR count). The smallest absolute Gasteiger partial charge is 0.160 e. The van der Waals surface area contributed by atoms with E-state index in [1.54, 1.807) is 0 Å². The van der Waals surface area contributed by atoms with Crippen LogP contribution < -0.4 is 5.32 Å². The number of hydrogen-bond acceptors (Lipinski definition) is 1. The van der Waals surface area contributed by atoms with Crippen molar-refractivity contribution in [1.29, 1.82) is 0 Å². The number of rotatable bonds is 1. The topological polar surface area (TPSA) is 12.0 Å². The molecule has 0 aliphatic carbocycles. The summed E-state index contributed by atoms with van der Waals surface area (Å²) in [5.74, 6) is -0.948. The molecule has 0 unspecified atom stereocenters. The van der Waals surface area contributed by atoms with Gasteiger partial charge in [0.15, 0.2) is 5.82 Å². The van der Waals surface area contributed by atoms with Gasteiger partial charge in [-0.3, -0.25) is 0 Å². The molecule has 0 aliphatic rings. The minimum Gasteiger partial charge on any atom is -0.386 e. The highest BCUT2D eigenvalue weighted by Gasteiger charge is 2.06. The molecular weight excluding hydrogens is 216 g/mol. The summed E-state index contributed by atoms with van der Waals surface area (Å²) in [6, 6.07) is 2.18. The van der Waals surface area contributed by atoms with Gasteiger partial charge in [-0.1, -0.05) is 0 Å². The van der Waals surface area contributed by atoms with Crippen LogP contribution in [-0.2, 0) is 0 Å². The Bertz CT molecular complexity index is 275. The van der Waals surface area contributed by atoms with Gasteiger partial charge in [0.2, 0.25) is 0 Å². The normalized spacial score (nSPS) is 9.82. The van der Waals surface area contributed by atoms with Gasteiger partial charge >= 0.3 is 0 Å². The Morgan fingerprint density at radius 3 is 2.55 bits per heavy atom. The molecule has 0 aromatic heterocycles. The highest BCUT2D eigenvalue weighted by atomic mass is 79.9. The molecule has 0 radical (unpaired) electrons. The quantitative estimate of drug-likeness (QED) is 0.720. The lowest BCUT2D eigenvalue weighted by Gasteiger charge is -2.02. The van der Waals surface area contributed by atoms with E-state index in [0.29, 0.717) is 0 Å². The van der Waals surface area contributed by atoms with Crippen molar-refractivity contribution in [1.82, 2.24) is 0 Å². The van der Waals surface area contributed by atoms with Crippen LogP contribution in [0.15, 0.2) is 16.6 Å². The second-order valence-corrected chi connectivity index (χ2v) is 2.85. The summed E-state index contributed by atoms with van der Waals surface area (Å²) in [5, 5.41) is 2.53. The molecule has 0 saturated heterocycles. The molecule has 0 amide bonds. The van der Waals surface area contributed by atoms with E-state index in [0.717, 1.165) is 12.1 Å². The second kappa shape index (κ2) is 3.17. The number of halogens is 3. The molecule has 0 spiro atoms. The zero-order valence-corrected chi connectivity index (χ0v) is 7.37. The average Bonchev–Trinajstić information content (AvgIpc) is 1.96. The van der Waals surface area contributed by atoms with E-state index < -0.39 is 11.6 Å². The van der Waals surface area contributed by atoms with E-state index in [-0.39, 0.29) is 10.2 Å². The Labute approximate surface area is 71.5 Å². The van der Waals surface area contributed by atoms with E-state index in [1.807, 2.05) is 0 Å². The third-order valence-corrected chi connectivity index (χ3v) is 1.84. The molecule has 1 aromatic carbocycles. The van der Waals surface area contributed by atoms with Gasteiger partial charge in [0.1, 0.15) is 5.82 Å². The first-order valence-electron chi connectivity index (χ1n) is 2.97. The average molecular weight is 222 g/mol. The maximum atomic E-state index is 12.9. The fraction of sp³-hybridized carbons (Fsp3) is 0.143. The summed E-state index contributed by atoms with van der Waals surface area (Å²) in [4.78, 5) is 0. The van der Waals surface area contributed by atoms with Crippen LogP contribution >= 0.6 is 15.9 Å². The Kier molecular flexibility index (Phi) is 2.44. The summed E-state index contributed by atoms with van der Waals surface area (Å²) in [6.45, 7) is 0. The third kappa shape index (κ3) is 1.68. The summed E-state index contributed by atoms with van der Waals surface area (Å²) < 4.78 is 25.6. The lowest BCUT2D eigenvalue weighted by molar-refractivity contribution is 0.598. The van der Waals surface area contributed by atoms with Crippen molar-refractivity contribution < 1.29 is 8.78 Å². The van der Waals surface area contributed by atoms with Crippen LogP contribution in [0.3, 0.4) is 0 Å². The van der Waals surface area contributed by atoms with Crippen molar-refractivity contribution in [2.75, 3.05) is 12.4 Å². The fourth-order valence-electron chi connectivity index (χ4n) is 0.738. The predicted octanol–water partition coefficient (Wildman–Crippen LogP) is 2.77. The van der Waals surface area contributed by atoms with Gasteiger partial charge in [-0.15, -0.1) is 0 Å². The lowest BCUT2D eigenvalue weighted by Crippen LogP contribution is -1.94. The molecule has 0 heterocycles. The van der Waals surface area contributed by atoms with Crippen LogP contribution in [0, 0.1) is 11.6 Å². The van der Waals surface area contributed by atoms with Gasteiger partial charge in [-0.2, -0.15) is 0 Å². The Hall–Kier alpha value is -0.640. The number of hydrogen-bond donors (Lipinski definition) is 1. The molecule has 1 N–H and O–H groups in total. The van der Waals surface area contributed by atoms with Crippen LogP contribution in [0.1, 0.15) is 0 Å². The first-order valence-corrected chi connectivity index (χ1v) is 3.76. The molecule has 0 atom stereocenters. The Morgan fingerprint density at radius 1 is 1.36 bits per heavy atom. The zero-order chi connectivity index (χ0) is 8.43. The minimum atomic E-state index is -0.478. The largest absolute Gasteiger partial charge is 0.386 e. The fourth-order valence-corrected chi connectivity index (χ4v) is 1.17. The molecule has 4 heteroatoms. The number of anilines is 1. The van der Waals surface area contributed by atoms with Crippen LogP contribution in [0.2, 0.25) is 0 Å². The van der Waals surface area contributed by atoms with Crippen molar-refractivity contribution in [3.63, 3.8) is 0 Å². The molecule has 0 aliphatic heterocycles. The van der Waals surface area contributed by atoms with Gasteiger partial charge in [-0.05, 0) is 22.0 Å². The predicted molar refractivity (Wildman–Crippen MR) is 43.6 cm³/mol. The number of benzene rings is 1. The van der Waals surface area contributed by atoms with E-state index in [4.69, 9.17) is 0 Å². The summed E-state index contributed by atoms with van der Waals surface area (Å²) in [5.41, 5.74) is 0.150. The maximum absolute atomic E-state index is 12.9. The molecule has 1 nitrogen and oxygen atoms in total. The van der Waals surface area contributed by atoms with Crippen molar-refractivity contribution in [3.05, 3.63) is 28.2 Å². The van der Waals surface area contributed by atoms with Gasteiger partial charge in [0.05, 0.1) is 10.2 Å². The zero-order valence-electron chi connectivity index (χ0n) is 5.79. The Morgan fingerprint density at radius 2 is 2.00 bits per heavy atom. The van der Waals surface area contributed by atoms with Crippen molar-refractivity contribution in [3.8, 4) is 0 Å². The monoisotopic (exact) mass is 221 g/mol. The minimum absolute atomic E-state index is 0.127. The molecular formula is C7H6BrF2N. The van der Waals surface area contributed by atoms with E-state index >= 15 is 0 Å². The maximum Gasteiger partial charge on any atom is 0.160 e. The first-order chi connectivity index (χ1) is 5.15. The molecule has 11 heavy (non-hydrogen) atoms.